The Balaban J connectivity index is 1.66. The molecule has 0 aliphatic carbocycles. The van der Waals surface area contributed by atoms with Crippen LogP contribution in [0.25, 0.3) is 0 Å². The van der Waals surface area contributed by atoms with Gasteiger partial charge in [-0.2, -0.15) is 0 Å². The van der Waals surface area contributed by atoms with Gasteiger partial charge >= 0.3 is 0 Å². The number of piperidine rings is 1. The monoisotopic (exact) mass is 256 g/mol. The molecule has 0 N–H and O–H groups in total. The predicted molar refractivity (Wildman–Crippen MR) is 75.2 cm³/mol. The van der Waals surface area contributed by atoms with Crippen LogP contribution in [-0.2, 0) is 6.42 Å². The van der Waals surface area contributed by atoms with Crippen LogP contribution in [0, 0.1) is 0 Å². The topological polar surface area (TPSA) is 29.3 Å². The zero-order valence-corrected chi connectivity index (χ0v) is 11.4. The minimum atomic E-state index is 0.501. The molecular formula is C16H20N2O. The van der Waals surface area contributed by atoms with Crippen molar-refractivity contribution in [2.75, 3.05) is 20.1 Å². The average Bonchev–Trinajstić information content (AvgIpc) is 2.89. The lowest BCUT2D eigenvalue weighted by Crippen LogP contribution is -2.29. The highest BCUT2D eigenvalue weighted by molar-refractivity contribution is 5.20. The summed E-state index contributed by atoms with van der Waals surface area (Å²) < 4.78 is 5.68. The van der Waals surface area contributed by atoms with Crippen molar-refractivity contribution < 1.29 is 4.42 Å². The number of hydrogen-bond donors (Lipinski definition) is 0. The van der Waals surface area contributed by atoms with E-state index in [1.54, 1.807) is 0 Å². The third-order valence-corrected chi connectivity index (χ3v) is 3.87. The molecule has 0 atom stereocenters. The molecule has 0 amide bonds. The van der Waals surface area contributed by atoms with Gasteiger partial charge in [-0.05, 0) is 38.5 Å². The van der Waals surface area contributed by atoms with E-state index in [1.165, 1.54) is 5.56 Å². The molecule has 1 fully saturated rings. The summed E-state index contributed by atoms with van der Waals surface area (Å²) in [6, 6.07) is 10.4. The van der Waals surface area contributed by atoms with Crippen molar-refractivity contribution in [3.63, 3.8) is 0 Å². The highest BCUT2D eigenvalue weighted by atomic mass is 16.3. The lowest BCUT2D eigenvalue weighted by Gasteiger charge is -2.26. The first kappa shape index (κ1) is 12.4. The van der Waals surface area contributed by atoms with Gasteiger partial charge in [-0.25, -0.2) is 4.98 Å². The minimum absolute atomic E-state index is 0.501. The van der Waals surface area contributed by atoms with Crippen molar-refractivity contribution in [3.05, 3.63) is 53.7 Å². The highest BCUT2D eigenvalue weighted by Crippen LogP contribution is 2.27. The van der Waals surface area contributed by atoms with Gasteiger partial charge in [0, 0.05) is 12.3 Å². The van der Waals surface area contributed by atoms with Crippen LogP contribution in [0.2, 0.25) is 0 Å². The van der Waals surface area contributed by atoms with E-state index in [1.807, 2.05) is 12.3 Å². The smallest absolute Gasteiger partial charge is 0.197 e. The van der Waals surface area contributed by atoms with Crippen LogP contribution >= 0.6 is 0 Å². The molecule has 100 valence electrons. The first-order valence-electron chi connectivity index (χ1n) is 6.98. The Morgan fingerprint density at radius 3 is 2.68 bits per heavy atom. The maximum absolute atomic E-state index is 5.68. The second-order valence-electron chi connectivity index (χ2n) is 5.42. The number of likely N-dealkylation sites (tertiary alicyclic amines) is 1. The molecular weight excluding hydrogens is 236 g/mol. The zero-order valence-electron chi connectivity index (χ0n) is 11.4. The molecule has 19 heavy (non-hydrogen) atoms. The molecule has 1 aliphatic heterocycles. The molecule has 2 aromatic rings. The average molecular weight is 256 g/mol. The fourth-order valence-electron chi connectivity index (χ4n) is 2.65. The lowest BCUT2D eigenvalue weighted by molar-refractivity contribution is 0.237. The van der Waals surface area contributed by atoms with Crippen molar-refractivity contribution in [2.45, 2.75) is 25.2 Å². The van der Waals surface area contributed by atoms with Crippen LogP contribution in [0.15, 0.2) is 41.0 Å². The van der Waals surface area contributed by atoms with E-state index < -0.39 is 0 Å². The lowest BCUT2D eigenvalue weighted by atomic mass is 9.97. The van der Waals surface area contributed by atoms with Gasteiger partial charge in [0.05, 0.1) is 5.69 Å². The summed E-state index contributed by atoms with van der Waals surface area (Å²) in [5.41, 5.74) is 2.32. The van der Waals surface area contributed by atoms with Crippen LogP contribution < -0.4 is 0 Å². The van der Waals surface area contributed by atoms with Crippen LogP contribution in [0.5, 0.6) is 0 Å². The predicted octanol–water partition coefficient (Wildman–Crippen LogP) is 3.07. The van der Waals surface area contributed by atoms with Crippen molar-refractivity contribution in [1.82, 2.24) is 9.88 Å². The Bertz CT molecular complexity index is 513. The molecule has 3 heteroatoms. The zero-order chi connectivity index (χ0) is 13.1. The van der Waals surface area contributed by atoms with Gasteiger partial charge in [0.15, 0.2) is 5.89 Å². The quantitative estimate of drug-likeness (QED) is 0.845. The number of benzene rings is 1. The van der Waals surface area contributed by atoms with Crippen molar-refractivity contribution in [2.24, 2.45) is 0 Å². The van der Waals surface area contributed by atoms with E-state index in [0.717, 1.165) is 43.9 Å². The Morgan fingerprint density at radius 2 is 1.95 bits per heavy atom. The molecule has 0 radical (unpaired) electrons. The third-order valence-electron chi connectivity index (χ3n) is 3.87. The normalized spacial score (nSPS) is 17.7. The fourth-order valence-corrected chi connectivity index (χ4v) is 2.65. The molecule has 0 saturated carbocycles. The first-order valence-corrected chi connectivity index (χ1v) is 6.98. The Labute approximate surface area is 114 Å². The van der Waals surface area contributed by atoms with Gasteiger partial charge in [-0.3, -0.25) is 0 Å². The molecule has 1 saturated heterocycles. The number of nitrogens with zero attached hydrogens (tertiary/aromatic N) is 2. The van der Waals surface area contributed by atoms with Crippen molar-refractivity contribution in [3.8, 4) is 0 Å². The molecule has 0 spiro atoms. The van der Waals surface area contributed by atoms with E-state index in [0.29, 0.717) is 5.92 Å². The summed E-state index contributed by atoms with van der Waals surface area (Å²) in [7, 11) is 2.17. The van der Waals surface area contributed by atoms with Gasteiger partial charge in [0.2, 0.25) is 0 Å². The Morgan fingerprint density at radius 1 is 1.21 bits per heavy atom. The molecule has 3 rings (SSSR count). The van der Waals surface area contributed by atoms with Gasteiger partial charge < -0.3 is 9.32 Å². The van der Waals surface area contributed by atoms with Gasteiger partial charge in [0.25, 0.3) is 0 Å². The van der Waals surface area contributed by atoms with E-state index in [9.17, 15) is 0 Å². The molecule has 1 aromatic heterocycles. The largest absolute Gasteiger partial charge is 0.448 e. The molecule has 1 aliphatic rings. The SMILES string of the molecule is CN1CCC(c2nc(Cc3ccccc3)co2)CC1. The van der Waals surface area contributed by atoms with E-state index in [-0.39, 0.29) is 0 Å². The molecule has 3 nitrogen and oxygen atoms in total. The van der Waals surface area contributed by atoms with Gasteiger partial charge in [-0.15, -0.1) is 0 Å². The standard InChI is InChI=1S/C16H20N2O/c1-18-9-7-14(8-10-18)16-17-15(12-19-16)11-13-5-3-2-4-6-13/h2-6,12,14H,7-11H2,1H3. The van der Waals surface area contributed by atoms with Crippen LogP contribution in [-0.4, -0.2) is 30.0 Å². The second-order valence-corrected chi connectivity index (χ2v) is 5.42. The summed E-state index contributed by atoms with van der Waals surface area (Å²) in [6.45, 7) is 2.28. The highest BCUT2D eigenvalue weighted by Gasteiger charge is 2.22. The van der Waals surface area contributed by atoms with Crippen LogP contribution in [0.4, 0.5) is 0 Å². The molecule has 1 aromatic carbocycles. The van der Waals surface area contributed by atoms with Crippen molar-refractivity contribution in [1.29, 1.82) is 0 Å². The molecule has 0 unspecified atom stereocenters. The number of hydrogen-bond acceptors (Lipinski definition) is 3. The van der Waals surface area contributed by atoms with E-state index in [4.69, 9.17) is 4.42 Å². The Kier molecular flexibility index (Phi) is 3.65. The summed E-state index contributed by atoms with van der Waals surface area (Å²) in [5.74, 6) is 1.43. The van der Waals surface area contributed by atoms with Gasteiger partial charge in [-0.1, -0.05) is 30.3 Å². The number of oxazole rings is 1. The summed E-state index contributed by atoms with van der Waals surface area (Å²) in [6.07, 6.45) is 4.99. The van der Waals surface area contributed by atoms with Crippen LogP contribution in [0.3, 0.4) is 0 Å². The summed E-state index contributed by atoms with van der Waals surface area (Å²) in [4.78, 5) is 7.03. The van der Waals surface area contributed by atoms with Crippen LogP contribution in [0.1, 0.15) is 35.9 Å². The number of rotatable bonds is 3. The minimum Gasteiger partial charge on any atom is -0.448 e. The summed E-state index contributed by atoms with van der Waals surface area (Å²) in [5, 5.41) is 0. The van der Waals surface area contributed by atoms with E-state index >= 15 is 0 Å². The first-order chi connectivity index (χ1) is 9.31. The fraction of sp³-hybridized carbons (Fsp3) is 0.438. The van der Waals surface area contributed by atoms with Gasteiger partial charge in [0.1, 0.15) is 6.26 Å². The second kappa shape index (κ2) is 5.57. The van der Waals surface area contributed by atoms with Crippen molar-refractivity contribution >= 4 is 0 Å². The third kappa shape index (κ3) is 3.04. The molecule has 0 bridgehead atoms. The Hall–Kier alpha value is -1.61. The van der Waals surface area contributed by atoms with E-state index in [2.05, 4.69) is 41.2 Å². The maximum atomic E-state index is 5.68. The summed E-state index contributed by atoms with van der Waals surface area (Å²) >= 11 is 0. The molecule has 2 heterocycles. The maximum Gasteiger partial charge on any atom is 0.197 e. The number of aromatic nitrogens is 1.